The second kappa shape index (κ2) is 7.09. The van der Waals surface area contributed by atoms with Gasteiger partial charge in [0.1, 0.15) is 0 Å². The third kappa shape index (κ3) is 3.58. The van der Waals surface area contributed by atoms with Crippen LogP contribution in [0.3, 0.4) is 0 Å². The van der Waals surface area contributed by atoms with Crippen LogP contribution in [-0.2, 0) is 0 Å². The van der Waals surface area contributed by atoms with Crippen LogP contribution < -0.4 is 4.74 Å². The second-order valence-electron chi connectivity index (χ2n) is 6.41. The van der Waals surface area contributed by atoms with Crippen molar-refractivity contribution in [1.29, 1.82) is 0 Å². The van der Waals surface area contributed by atoms with Crippen LogP contribution in [0.4, 0.5) is 4.39 Å². The molecule has 0 saturated heterocycles. The Morgan fingerprint density at radius 1 is 1.08 bits per heavy atom. The van der Waals surface area contributed by atoms with Gasteiger partial charge in [0.2, 0.25) is 0 Å². The van der Waals surface area contributed by atoms with E-state index in [1.54, 1.807) is 6.07 Å². The van der Waals surface area contributed by atoms with E-state index in [0.29, 0.717) is 12.5 Å². The Bertz CT molecular complexity index is 883. The molecule has 0 amide bonds. The van der Waals surface area contributed by atoms with Gasteiger partial charge in [-0.2, -0.15) is 5.10 Å². The summed E-state index contributed by atoms with van der Waals surface area (Å²) in [5.74, 6) is 0.308. The van der Waals surface area contributed by atoms with Gasteiger partial charge in [0.05, 0.1) is 18.0 Å². The molecule has 0 N–H and O–H groups in total. The molecular formula is C21H23FN2O. The van der Waals surface area contributed by atoms with Crippen LogP contribution in [-0.4, -0.2) is 16.4 Å². The molecule has 0 saturated carbocycles. The van der Waals surface area contributed by atoms with Crippen LogP contribution in [0, 0.1) is 12.7 Å². The van der Waals surface area contributed by atoms with E-state index in [-0.39, 0.29) is 11.6 Å². The molecule has 130 valence electrons. The Morgan fingerprint density at radius 2 is 1.80 bits per heavy atom. The molecule has 3 nitrogen and oxygen atoms in total. The zero-order valence-electron chi connectivity index (χ0n) is 15.1. The number of benzene rings is 2. The van der Waals surface area contributed by atoms with Crippen molar-refractivity contribution in [2.75, 3.05) is 6.61 Å². The van der Waals surface area contributed by atoms with Crippen LogP contribution in [0.2, 0.25) is 0 Å². The maximum atomic E-state index is 14.2. The number of nitrogens with zero attached hydrogens (tertiary/aromatic N) is 2. The average molecular weight is 338 g/mol. The lowest BCUT2D eigenvalue weighted by Gasteiger charge is -2.15. The first-order valence-corrected chi connectivity index (χ1v) is 8.59. The molecular weight excluding hydrogens is 315 g/mol. The maximum Gasteiger partial charge on any atom is 0.165 e. The third-order valence-electron chi connectivity index (χ3n) is 4.19. The summed E-state index contributed by atoms with van der Waals surface area (Å²) in [4.78, 5) is 0. The van der Waals surface area contributed by atoms with E-state index in [1.807, 2.05) is 42.9 Å². The number of hydrogen-bond donors (Lipinski definition) is 0. The molecule has 0 radical (unpaired) electrons. The number of rotatable bonds is 5. The Hall–Kier alpha value is -2.62. The standard InChI is InChI=1S/C21H23FN2O/c1-5-25-21-9-7-16(12-19(21)22)17-6-8-18(14(2)3)20(13-17)24-11-10-15(4)23-24/h6-14H,5H2,1-4H3. The monoisotopic (exact) mass is 338 g/mol. The van der Waals surface area contributed by atoms with Crippen molar-refractivity contribution in [3.8, 4) is 22.6 Å². The summed E-state index contributed by atoms with van der Waals surface area (Å²) in [5.41, 5.74) is 4.97. The van der Waals surface area contributed by atoms with Gasteiger partial charge in [-0.15, -0.1) is 0 Å². The topological polar surface area (TPSA) is 27.1 Å². The Morgan fingerprint density at radius 3 is 2.40 bits per heavy atom. The highest BCUT2D eigenvalue weighted by molar-refractivity contribution is 5.68. The SMILES string of the molecule is CCOc1ccc(-c2ccc(C(C)C)c(-n3ccc(C)n3)c2)cc1F. The Balaban J connectivity index is 2.07. The molecule has 0 unspecified atom stereocenters. The summed E-state index contributed by atoms with van der Waals surface area (Å²) >= 11 is 0. The molecule has 0 atom stereocenters. The highest BCUT2D eigenvalue weighted by Crippen LogP contribution is 2.31. The predicted octanol–water partition coefficient (Wildman–Crippen LogP) is 5.51. The van der Waals surface area contributed by atoms with Crippen molar-refractivity contribution in [2.45, 2.75) is 33.6 Å². The first kappa shape index (κ1) is 17.2. The van der Waals surface area contributed by atoms with Gasteiger partial charge in [-0.05, 0) is 60.7 Å². The molecule has 1 aromatic heterocycles. The molecule has 0 aliphatic rings. The minimum Gasteiger partial charge on any atom is -0.491 e. The van der Waals surface area contributed by atoms with Gasteiger partial charge >= 0.3 is 0 Å². The second-order valence-corrected chi connectivity index (χ2v) is 6.41. The lowest BCUT2D eigenvalue weighted by atomic mass is 9.96. The summed E-state index contributed by atoms with van der Waals surface area (Å²) in [6, 6.07) is 13.3. The largest absolute Gasteiger partial charge is 0.491 e. The molecule has 0 spiro atoms. The van der Waals surface area contributed by atoms with E-state index < -0.39 is 0 Å². The zero-order valence-corrected chi connectivity index (χ0v) is 15.1. The van der Waals surface area contributed by atoms with Crippen LogP contribution in [0.1, 0.15) is 37.9 Å². The summed E-state index contributed by atoms with van der Waals surface area (Å²) in [6.45, 7) is 8.58. The smallest absolute Gasteiger partial charge is 0.165 e. The molecule has 0 aliphatic carbocycles. The van der Waals surface area contributed by atoms with E-state index in [4.69, 9.17) is 4.74 Å². The Kier molecular flexibility index (Phi) is 4.88. The molecule has 0 aliphatic heterocycles. The molecule has 4 heteroatoms. The Labute approximate surface area is 148 Å². The van der Waals surface area contributed by atoms with E-state index in [1.165, 1.54) is 11.6 Å². The number of aromatic nitrogens is 2. The van der Waals surface area contributed by atoms with E-state index >= 15 is 0 Å². The molecule has 25 heavy (non-hydrogen) atoms. The van der Waals surface area contributed by atoms with Crippen molar-refractivity contribution in [3.05, 3.63) is 65.7 Å². The minimum absolute atomic E-state index is 0.285. The van der Waals surface area contributed by atoms with E-state index in [2.05, 4.69) is 31.1 Å². The molecule has 1 heterocycles. The lowest BCUT2D eigenvalue weighted by molar-refractivity contribution is 0.321. The average Bonchev–Trinajstić information content (AvgIpc) is 3.02. The third-order valence-corrected chi connectivity index (χ3v) is 4.19. The quantitative estimate of drug-likeness (QED) is 0.613. The van der Waals surface area contributed by atoms with Crippen molar-refractivity contribution >= 4 is 0 Å². The van der Waals surface area contributed by atoms with Crippen molar-refractivity contribution in [1.82, 2.24) is 9.78 Å². The zero-order chi connectivity index (χ0) is 18.0. The maximum absolute atomic E-state index is 14.2. The van der Waals surface area contributed by atoms with Gasteiger partial charge in [-0.25, -0.2) is 9.07 Å². The summed E-state index contributed by atoms with van der Waals surface area (Å²) in [5, 5.41) is 4.54. The molecule has 0 bridgehead atoms. The fourth-order valence-electron chi connectivity index (χ4n) is 2.91. The van der Waals surface area contributed by atoms with Crippen molar-refractivity contribution in [2.24, 2.45) is 0 Å². The fraction of sp³-hybridized carbons (Fsp3) is 0.286. The summed E-state index contributed by atoms with van der Waals surface area (Å²) in [6.07, 6.45) is 1.96. The normalized spacial score (nSPS) is 11.1. The van der Waals surface area contributed by atoms with Gasteiger partial charge in [0.15, 0.2) is 11.6 Å². The van der Waals surface area contributed by atoms with Crippen molar-refractivity contribution < 1.29 is 9.13 Å². The predicted molar refractivity (Wildman–Crippen MR) is 99.0 cm³/mol. The molecule has 0 fully saturated rings. The van der Waals surface area contributed by atoms with Gasteiger partial charge < -0.3 is 4.74 Å². The highest BCUT2D eigenvalue weighted by atomic mass is 19.1. The van der Waals surface area contributed by atoms with Crippen LogP contribution in [0.5, 0.6) is 5.75 Å². The number of halogens is 1. The highest BCUT2D eigenvalue weighted by Gasteiger charge is 2.13. The first-order valence-electron chi connectivity index (χ1n) is 8.59. The number of aryl methyl sites for hydroxylation is 1. The minimum atomic E-state index is -0.344. The summed E-state index contributed by atoms with van der Waals surface area (Å²) < 4.78 is 21.4. The first-order chi connectivity index (χ1) is 12.0. The molecule has 3 aromatic rings. The van der Waals surface area contributed by atoms with Crippen LogP contribution in [0.25, 0.3) is 16.8 Å². The van der Waals surface area contributed by atoms with Gasteiger partial charge in [-0.3, -0.25) is 0 Å². The number of hydrogen-bond acceptors (Lipinski definition) is 2. The summed E-state index contributed by atoms with van der Waals surface area (Å²) in [7, 11) is 0. The molecule has 2 aromatic carbocycles. The number of ether oxygens (including phenoxy) is 1. The van der Waals surface area contributed by atoms with Crippen LogP contribution >= 0.6 is 0 Å². The van der Waals surface area contributed by atoms with E-state index in [9.17, 15) is 4.39 Å². The van der Waals surface area contributed by atoms with Crippen molar-refractivity contribution in [3.63, 3.8) is 0 Å². The lowest BCUT2D eigenvalue weighted by Crippen LogP contribution is -2.03. The van der Waals surface area contributed by atoms with E-state index in [0.717, 1.165) is 22.5 Å². The van der Waals surface area contributed by atoms with Gasteiger partial charge in [0.25, 0.3) is 0 Å². The van der Waals surface area contributed by atoms with Crippen LogP contribution in [0.15, 0.2) is 48.7 Å². The van der Waals surface area contributed by atoms with Gasteiger partial charge in [-0.1, -0.05) is 32.0 Å². The van der Waals surface area contributed by atoms with Gasteiger partial charge in [0, 0.05) is 6.20 Å². The fourth-order valence-corrected chi connectivity index (χ4v) is 2.91. The molecule has 3 rings (SSSR count).